The minimum absolute atomic E-state index is 0.263. The third kappa shape index (κ3) is 2.66. The third-order valence-corrected chi connectivity index (χ3v) is 4.30. The Morgan fingerprint density at radius 3 is 2.65 bits per heavy atom. The predicted octanol–water partition coefficient (Wildman–Crippen LogP) is 5.41. The van der Waals surface area contributed by atoms with E-state index in [1.165, 1.54) is 18.4 Å². The fraction of sp³-hybridized carbons (Fsp3) is 0.286. The van der Waals surface area contributed by atoms with E-state index in [2.05, 4.69) is 57.0 Å². The van der Waals surface area contributed by atoms with Gasteiger partial charge in [0, 0.05) is 0 Å². The Morgan fingerprint density at radius 1 is 1.18 bits per heavy atom. The van der Waals surface area contributed by atoms with Crippen LogP contribution in [0.1, 0.15) is 25.3 Å². The zero-order chi connectivity index (χ0) is 12.4. The number of fused-ring (bicyclic) bond motifs is 1. The van der Waals surface area contributed by atoms with Crippen LogP contribution in [-0.2, 0) is 6.42 Å². The summed E-state index contributed by atoms with van der Waals surface area (Å²) in [7, 11) is 0. The second kappa shape index (κ2) is 5.40. The molecule has 0 bridgehead atoms. The Balaban J connectivity index is 2.51. The van der Waals surface area contributed by atoms with Gasteiger partial charge in [0.15, 0.2) is 0 Å². The van der Waals surface area contributed by atoms with E-state index in [0.29, 0.717) is 0 Å². The van der Waals surface area contributed by atoms with Crippen LogP contribution in [-0.4, -0.2) is 5.11 Å². The van der Waals surface area contributed by atoms with Gasteiger partial charge in [-0.3, -0.25) is 0 Å². The molecule has 2 rings (SSSR count). The summed E-state index contributed by atoms with van der Waals surface area (Å²) in [4.78, 5) is 0. The highest BCUT2D eigenvalue weighted by atomic mass is 79.9. The number of aromatic hydroxyl groups is 1. The molecule has 0 aliphatic carbocycles. The first-order chi connectivity index (χ1) is 8.13. The molecule has 0 saturated carbocycles. The lowest BCUT2D eigenvalue weighted by atomic mass is 10.0. The van der Waals surface area contributed by atoms with E-state index >= 15 is 0 Å². The molecule has 0 unspecified atom stereocenters. The topological polar surface area (TPSA) is 20.2 Å². The molecule has 3 heteroatoms. The van der Waals surface area contributed by atoms with Gasteiger partial charge in [0.2, 0.25) is 0 Å². The average molecular weight is 358 g/mol. The summed E-state index contributed by atoms with van der Waals surface area (Å²) in [6.07, 6.45) is 3.54. The van der Waals surface area contributed by atoms with Crippen LogP contribution in [0.25, 0.3) is 10.8 Å². The molecule has 0 aromatic heterocycles. The first-order valence-corrected chi connectivity index (χ1v) is 7.31. The lowest BCUT2D eigenvalue weighted by molar-refractivity contribution is 0.469. The summed E-state index contributed by atoms with van der Waals surface area (Å²) < 4.78 is 1.48. The van der Waals surface area contributed by atoms with Crippen molar-refractivity contribution in [3.63, 3.8) is 0 Å². The van der Waals surface area contributed by atoms with Gasteiger partial charge in [-0.05, 0) is 67.1 Å². The maximum Gasteiger partial charge on any atom is 0.144 e. The highest BCUT2D eigenvalue weighted by Gasteiger charge is 2.09. The number of hydrogen-bond donors (Lipinski definition) is 1. The van der Waals surface area contributed by atoms with Gasteiger partial charge >= 0.3 is 0 Å². The number of hydrogen-bond acceptors (Lipinski definition) is 1. The van der Waals surface area contributed by atoms with Gasteiger partial charge in [-0.15, -0.1) is 0 Å². The maximum atomic E-state index is 9.82. The molecule has 0 fully saturated rings. The normalized spacial score (nSPS) is 11.0. The smallest absolute Gasteiger partial charge is 0.144 e. The number of phenolic OH excluding ortho intramolecular Hbond substituents is 1. The predicted molar refractivity (Wildman–Crippen MR) is 79.6 cm³/mol. The minimum atomic E-state index is 0.263. The van der Waals surface area contributed by atoms with Crippen LogP contribution in [0, 0.1) is 0 Å². The van der Waals surface area contributed by atoms with Crippen molar-refractivity contribution in [2.45, 2.75) is 26.2 Å². The van der Waals surface area contributed by atoms with E-state index in [9.17, 15) is 5.11 Å². The van der Waals surface area contributed by atoms with Crippen LogP contribution in [0.15, 0.2) is 33.2 Å². The SMILES string of the molecule is CCCCc1ccc2c(Br)c(O)c(Br)cc2c1. The van der Waals surface area contributed by atoms with E-state index in [-0.39, 0.29) is 5.75 Å². The summed E-state index contributed by atoms with van der Waals surface area (Å²) in [6, 6.07) is 8.36. The number of halogens is 2. The Labute approximate surface area is 118 Å². The Bertz CT molecular complexity index is 549. The molecule has 0 saturated heterocycles. The zero-order valence-electron chi connectivity index (χ0n) is 9.63. The monoisotopic (exact) mass is 356 g/mol. The number of aryl methyl sites for hydroxylation is 1. The van der Waals surface area contributed by atoms with Gasteiger partial charge in [0.1, 0.15) is 5.75 Å². The van der Waals surface area contributed by atoms with Gasteiger partial charge in [-0.25, -0.2) is 0 Å². The van der Waals surface area contributed by atoms with Gasteiger partial charge in [-0.1, -0.05) is 31.5 Å². The average Bonchev–Trinajstić information content (AvgIpc) is 2.33. The van der Waals surface area contributed by atoms with Crippen LogP contribution >= 0.6 is 31.9 Å². The second-order valence-electron chi connectivity index (χ2n) is 4.18. The molecule has 1 N–H and O–H groups in total. The zero-order valence-corrected chi connectivity index (χ0v) is 12.8. The largest absolute Gasteiger partial charge is 0.506 e. The number of benzene rings is 2. The van der Waals surface area contributed by atoms with Crippen molar-refractivity contribution in [2.75, 3.05) is 0 Å². The molecule has 2 aromatic carbocycles. The second-order valence-corrected chi connectivity index (χ2v) is 5.83. The molecule has 0 spiro atoms. The molecule has 0 heterocycles. The van der Waals surface area contributed by atoms with E-state index in [4.69, 9.17) is 0 Å². The third-order valence-electron chi connectivity index (χ3n) is 2.89. The molecular formula is C14H14Br2O. The molecule has 1 nitrogen and oxygen atoms in total. The van der Waals surface area contributed by atoms with Crippen molar-refractivity contribution >= 4 is 42.6 Å². The molecule has 0 atom stereocenters. The summed E-state index contributed by atoms with van der Waals surface area (Å²) in [6.45, 7) is 2.20. The van der Waals surface area contributed by atoms with E-state index in [1.54, 1.807) is 0 Å². The maximum absolute atomic E-state index is 9.82. The summed E-state index contributed by atoms with van der Waals surface area (Å²) in [5.74, 6) is 0.263. The van der Waals surface area contributed by atoms with Crippen LogP contribution in [0.3, 0.4) is 0 Å². The Hall–Kier alpha value is -0.540. The van der Waals surface area contributed by atoms with E-state index in [0.717, 1.165) is 26.1 Å². The summed E-state index contributed by atoms with van der Waals surface area (Å²) >= 11 is 6.79. The van der Waals surface area contributed by atoms with Crippen molar-refractivity contribution in [3.8, 4) is 5.75 Å². The molecule has 17 heavy (non-hydrogen) atoms. The number of phenols is 1. The van der Waals surface area contributed by atoms with Gasteiger partial charge < -0.3 is 5.11 Å². The van der Waals surface area contributed by atoms with E-state index < -0.39 is 0 Å². The van der Waals surface area contributed by atoms with Gasteiger partial charge in [-0.2, -0.15) is 0 Å². The Morgan fingerprint density at radius 2 is 1.94 bits per heavy atom. The first kappa shape index (κ1) is 12.9. The summed E-state index contributed by atoms with van der Waals surface area (Å²) in [5, 5.41) is 12.0. The molecule has 0 aliphatic rings. The lowest BCUT2D eigenvalue weighted by Gasteiger charge is -2.08. The van der Waals surface area contributed by atoms with Crippen molar-refractivity contribution in [3.05, 3.63) is 38.8 Å². The highest BCUT2D eigenvalue weighted by Crippen LogP contribution is 2.38. The van der Waals surface area contributed by atoms with Crippen molar-refractivity contribution in [2.24, 2.45) is 0 Å². The van der Waals surface area contributed by atoms with Crippen molar-refractivity contribution in [1.82, 2.24) is 0 Å². The quantitative estimate of drug-likeness (QED) is 0.778. The van der Waals surface area contributed by atoms with Crippen LogP contribution in [0.2, 0.25) is 0 Å². The van der Waals surface area contributed by atoms with Crippen LogP contribution in [0.5, 0.6) is 5.75 Å². The van der Waals surface area contributed by atoms with E-state index in [1.807, 2.05) is 6.07 Å². The highest BCUT2D eigenvalue weighted by molar-refractivity contribution is 9.11. The number of rotatable bonds is 3. The molecule has 0 amide bonds. The molecule has 0 aliphatic heterocycles. The molecule has 0 radical (unpaired) electrons. The van der Waals surface area contributed by atoms with Crippen LogP contribution < -0.4 is 0 Å². The number of unbranched alkanes of at least 4 members (excludes halogenated alkanes) is 1. The molecular weight excluding hydrogens is 344 g/mol. The van der Waals surface area contributed by atoms with Crippen LogP contribution in [0.4, 0.5) is 0 Å². The van der Waals surface area contributed by atoms with Crippen molar-refractivity contribution in [1.29, 1.82) is 0 Å². The lowest BCUT2D eigenvalue weighted by Crippen LogP contribution is -1.86. The fourth-order valence-corrected chi connectivity index (χ4v) is 3.19. The Kier molecular flexibility index (Phi) is 4.10. The van der Waals surface area contributed by atoms with Gasteiger partial charge in [0.05, 0.1) is 8.95 Å². The first-order valence-electron chi connectivity index (χ1n) is 5.73. The fourth-order valence-electron chi connectivity index (χ4n) is 1.91. The van der Waals surface area contributed by atoms with Gasteiger partial charge in [0.25, 0.3) is 0 Å². The molecule has 90 valence electrons. The molecule has 2 aromatic rings. The minimum Gasteiger partial charge on any atom is -0.506 e. The standard InChI is InChI=1S/C14H14Br2O/c1-2-3-4-9-5-6-11-10(7-9)8-12(15)14(17)13(11)16/h5-8,17H,2-4H2,1H3. The summed E-state index contributed by atoms with van der Waals surface area (Å²) in [5.41, 5.74) is 1.35. The van der Waals surface area contributed by atoms with Crippen molar-refractivity contribution < 1.29 is 5.11 Å².